The summed E-state index contributed by atoms with van der Waals surface area (Å²) >= 11 is 0. The van der Waals surface area contributed by atoms with Gasteiger partial charge in [0, 0.05) is 30.8 Å². The van der Waals surface area contributed by atoms with E-state index in [1.54, 1.807) is 5.48 Å². The molecule has 2 aromatic carbocycles. The Morgan fingerprint density at radius 1 is 1.20 bits per heavy atom. The zero-order valence-corrected chi connectivity index (χ0v) is 19.3. The van der Waals surface area contributed by atoms with Crippen LogP contribution in [0, 0.1) is 11.8 Å². The molecule has 184 valence electrons. The minimum absolute atomic E-state index is 0.146. The second-order valence-electron chi connectivity index (χ2n) is 8.18. The minimum Gasteiger partial charge on any atom is -0.389 e. The third-order valence-electron chi connectivity index (χ3n) is 5.61. The second kappa shape index (κ2) is 12.4. The van der Waals surface area contributed by atoms with Crippen molar-refractivity contribution in [3.05, 3.63) is 76.6 Å². The highest BCUT2D eigenvalue weighted by molar-refractivity contribution is 5.96. The Bertz CT molecular complexity index is 1100. The van der Waals surface area contributed by atoms with Crippen LogP contribution in [0.25, 0.3) is 6.08 Å². The van der Waals surface area contributed by atoms with Crippen molar-refractivity contribution in [3.8, 4) is 11.8 Å². The largest absolute Gasteiger partial charge is 0.389 e. The average molecular weight is 482 g/mol. The Balaban J connectivity index is 1.60. The number of hydrogen-bond acceptors (Lipinski definition) is 7. The molecule has 8 nitrogen and oxygen atoms in total. The molecule has 0 unspecified atom stereocenters. The van der Waals surface area contributed by atoms with Crippen LogP contribution < -0.4 is 10.8 Å². The molecule has 1 heterocycles. The molecule has 1 amide bonds. The maximum absolute atomic E-state index is 14.3. The van der Waals surface area contributed by atoms with Gasteiger partial charge in [0.2, 0.25) is 0 Å². The van der Waals surface area contributed by atoms with Crippen LogP contribution in [0.5, 0.6) is 0 Å². The van der Waals surface area contributed by atoms with Gasteiger partial charge in [-0.05, 0) is 54.3 Å². The van der Waals surface area contributed by atoms with E-state index in [1.165, 1.54) is 37.3 Å². The predicted octanol–water partition coefficient (Wildman–Crippen LogP) is 1.87. The summed E-state index contributed by atoms with van der Waals surface area (Å²) in [4.78, 5) is 25.9. The number of carbonyl (C=O) groups is 2. The molecular formula is C26H28FN3O5. The summed E-state index contributed by atoms with van der Waals surface area (Å²) in [5.74, 6) is 3.92. The van der Waals surface area contributed by atoms with Gasteiger partial charge in [-0.1, -0.05) is 30.2 Å². The number of aliphatic hydroxyl groups is 1. The number of allylic oxidation sites excluding steroid dienone is 1. The van der Waals surface area contributed by atoms with Crippen molar-refractivity contribution in [2.24, 2.45) is 0 Å². The fourth-order valence-electron chi connectivity index (χ4n) is 3.40. The highest BCUT2D eigenvalue weighted by Gasteiger charge is 2.36. The standard InChI is InChI=1S/C26H28FN3O5/c1-19(32)26(18-31,29-34)28-25(33)23-9-6-21(7-10-23)16-24(27)11-8-20-2-4-22(5-3-20)17-30-12-14-35-15-13-30/h2-7,9-10,16,18-19,29,32,34H,12-15,17H2,1H3,(H,28,33)/t19-,26-/m1/s1. The molecule has 0 spiro atoms. The molecule has 35 heavy (non-hydrogen) atoms. The van der Waals surface area contributed by atoms with Crippen LogP contribution >= 0.6 is 0 Å². The zero-order valence-electron chi connectivity index (χ0n) is 19.3. The number of aldehydes is 1. The van der Waals surface area contributed by atoms with E-state index < -0.39 is 23.5 Å². The van der Waals surface area contributed by atoms with Crippen molar-refractivity contribution in [1.29, 1.82) is 0 Å². The Morgan fingerprint density at radius 2 is 1.86 bits per heavy atom. The predicted molar refractivity (Wildman–Crippen MR) is 128 cm³/mol. The highest BCUT2D eigenvalue weighted by Crippen LogP contribution is 2.13. The molecule has 1 fully saturated rings. The van der Waals surface area contributed by atoms with E-state index >= 15 is 0 Å². The molecule has 9 heteroatoms. The summed E-state index contributed by atoms with van der Waals surface area (Å²) in [6, 6.07) is 13.5. The van der Waals surface area contributed by atoms with E-state index in [1.807, 2.05) is 24.3 Å². The van der Waals surface area contributed by atoms with Gasteiger partial charge in [0.25, 0.3) is 5.91 Å². The van der Waals surface area contributed by atoms with Gasteiger partial charge in [-0.15, -0.1) is 0 Å². The van der Waals surface area contributed by atoms with Gasteiger partial charge in [-0.3, -0.25) is 14.5 Å². The van der Waals surface area contributed by atoms with E-state index in [0.29, 0.717) is 11.1 Å². The van der Waals surface area contributed by atoms with Crippen molar-refractivity contribution in [3.63, 3.8) is 0 Å². The first kappa shape index (κ1) is 26.2. The molecule has 1 aliphatic rings. The van der Waals surface area contributed by atoms with Gasteiger partial charge in [0.05, 0.1) is 19.3 Å². The number of ether oxygens (including phenoxy) is 1. The lowest BCUT2D eigenvalue weighted by molar-refractivity contribution is -0.126. The van der Waals surface area contributed by atoms with E-state index in [4.69, 9.17) is 4.74 Å². The number of halogens is 1. The molecule has 2 atom stereocenters. The Kier molecular flexibility index (Phi) is 9.25. The van der Waals surface area contributed by atoms with Crippen molar-refractivity contribution >= 4 is 18.3 Å². The topological polar surface area (TPSA) is 111 Å². The normalized spacial score (nSPS) is 17.0. The first-order valence-corrected chi connectivity index (χ1v) is 11.1. The SMILES string of the molecule is C[C@@H](O)[C@@](C=O)(NO)NC(=O)c1ccc(C=C(F)C#Cc2ccc(CN3CCOCC3)cc2)cc1. The van der Waals surface area contributed by atoms with Crippen LogP contribution in [0.4, 0.5) is 4.39 Å². The smallest absolute Gasteiger partial charge is 0.253 e. The number of nitrogens with one attached hydrogen (secondary N) is 2. The third-order valence-corrected chi connectivity index (χ3v) is 5.61. The lowest BCUT2D eigenvalue weighted by Gasteiger charge is -2.30. The average Bonchev–Trinajstić information content (AvgIpc) is 2.87. The molecular weight excluding hydrogens is 453 g/mol. The molecule has 0 aliphatic carbocycles. The lowest BCUT2D eigenvalue weighted by Crippen LogP contribution is -2.65. The van der Waals surface area contributed by atoms with E-state index in [-0.39, 0.29) is 11.8 Å². The molecule has 4 N–H and O–H groups in total. The molecule has 0 bridgehead atoms. The van der Waals surface area contributed by atoms with Crippen LogP contribution in [0.1, 0.15) is 34.0 Å². The summed E-state index contributed by atoms with van der Waals surface area (Å²) in [6.07, 6.45) is 0.0329. The third kappa shape index (κ3) is 7.29. The number of benzene rings is 2. The number of hydroxylamine groups is 1. The molecule has 3 rings (SSSR count). The maximum Gasteiger partial charge on any atom is 0.253 e. The summed E-state index contributed by atoms with van der Waals surface area (Å²) in [6.45, 7) is 5.38. The lowest BCUT2D eigenvalue weighted by atomic mass is 10.1. The number of amides is 1. The Labute approximate surface area is 203 Å². The van der Waals surface area contributed by atoms with Crippen LogP contribution in [0.3, 0.4) is 0 Å². The van der Waals surface area contributed by atoms with Crippen molar-refractivity contribution in [2.75, 3.05) is 26.3 Å². The quantitative estimate of drug-likeness (QED) is 0.197. The molecule has 1 saturated heterocycles. The summed E-state index contributed by atoms with van der Waals surface area (Å²) in [5.41, 5.74) is 2.06. The van der Waals surface area contributed by atoms with Gasteiger partial charge >= 0.3 is 0 Å². The summed E-state index contributed by atoms with van der Waals surface area (Å²) in [7, 11) is 0. The van der Waals surface area contributed by atoms with Crippen molar-refractivity contribution in [1.82, 2.24) is 15.7 Å². The Hall–Kier alpha value is -3.39. The molecule has 0 saturated carbocycles. The second-order valence-corrected chi connectivity index (χ2v) is 8.18. The maximum atomic E-state index is 14.3. The van der Waals surface area contributed by atoms with Crippen LogP contribution in [0.2, 0.25) is 0 Å². The molecule has 0 aromatic heterocycles. The van der Waals surface area contributed by atoms with E-state index in [9.17, 15) is 24.3 Å². The number of rotatable bonds is 8. The van der Waals surface area contributed by atoms with Gasteiger partial charge in [-0.2, -0.15) is 9.87 Å². The fourth-order valence-corrected chi connectivity index (χ4v) is 3.40. The number of aliphatic hydroxyl groups excluding tert-OH is 1. The van der Waals surface area contributed by atoms with E-state index in [2.05, 4.69) is 22.1 Å². The molecule has 1 aliphatic heterocycles. The van der Waals surface area contributed by atoms with Crippen molar-refractivity contribution < 1.29 is 29.0 Å². The van der Waals surface area contributed by atoms with Crippen LogP contribution in [0.15, 0.2) is 54.4 Å². The molecule has 2 aromatic rings. The van der Waals surface area contributed by atoms with E-state index in [0.717, 1.165) is 38.4 Å². The summed E-state index contributed by atoms with van der Waals surface area (Å²) < 4.78 is 19.7. The fraction of sp³-hybridized carbons (Fsp3) is 0.308. The van der Waals surface area contributed by atoms with Crippen LogP contribution in [-0.4, -0.2) is 65.5 Å². The molecule has 0 radical (unpaired) electrons. The first-order chi connectivity index (χ1) is 16.8. The van der Waals surface area contributed by atoms with Gasteiger partial charge in [-0.25, -0.2) is 0 Å². The van der Waals surface area contributed by atoms with Gasteiger partial charge in [0.15, 0.2) is 17.8 Å². The first-order valence-electron chi connectivity index (χ1n) is 11.1. The number of carbonyl (C=O) groups excluding carboxylic acids is 2. The number of hydrogen-bond donors (Lipinski definition) is 4. The summed E-state index contributed by atoms with van der Waals surface area (Å²) in [5, 5.41) is 21.1. The zero-order chi connectivity index (χ0) is 25.3. The highest BCUT2D eigenvalue weighted by atomic mass is 19.1. The monoisotopic (exact) mass is 481 g/mol. The number of nitrogens with zero attached hydrogens (tertiary/aromatic N) is 1. The van der Waals surface area contributed by atoms with Crippen molar-refractivity contribution in [2.45, 2.75) is 25.2 Å². The van der Waals surface area contributed by atoms with Crippen LogP contribution in [-0.2, 0) is 16.1 Å². The number of morpholine rings is 1. The van der Waals surface area contributed by atoms with Gasteiger partial charge in [0.1, 0.15) is 0 Å². The minimum atomic E-state index is -2.04. The Morgan fingerprint density at radius 3 is 2.43 bits per heavy atom. The van der Waals surface area contributed by atoms with Gasteiger partial charge < -0.3 is 20.4 Å².